The average Bonchev–Trinajstić information content (AvgIpc) is 3.08. The SMILES string of the molecule is COc1ccc(-c2nn(C[NH+]3CCN(c4ccc(C(C)=O)cc4)CC3)c(=S)n2C)cc1. The Morgan fingerprint density at radius 2 is 1.74 bits per heavy atom. The minimum Gasteiger partial charge on any atom is -0.497 e. The van der Waals surface area contributed by atoms with Crippen LogP contribution in [-0.2, 0) is 13.7 Å². The molecule has 4 rings (SSSR count). The Morgan fingerprint density at radius 3 is 2.32 bits per heavy atom. The molecule has 0 unspecified atom stereocenters. The Bertz CT molecular complexity index is 1110. The first-order chi connectivity index (χ1) is 15.0. The molecule has 0 saturated carbocycles. The molecule has 162 valence electrons. The maximum absolute atomic E-state index is 11.5. The van der Waals surface area contributed by atoms with Crippen LogP contribution in [0.5, 0.6) is 5.75 Å². The minimum atomic E-state index is 0.0990. The summed E-state index contributed by atoms with van der Waals surface area (Å²) in [6.07, 6.45) is 0. The molecule has 1 aromatic heterocycles. The van der Waals surface area contributed by atoms with Gasteiger partial charge in [0, 0.05) is 23.9 Å². The molecule has 2 heterocycles. The van der Waals surface area contributed by atoms with Gasteiger partial charge < -0.3 is 19.1 Å². The first kappa shape index (κ1) is 21.3. The molecular formula is C23H28N5O2S+. The van der Waals surface area contributed by atoms with E-state index in [1.807, 2.05) is 64.8 Å². The molecule has 0 aliphatic carbocycles. The molecule has 7 nitrogen and oxygen atoms in total. The zero-order valence-corrected chi connectivity index (χ0v) is 19.0. The monoisotopic (exact) mass is 438 g/mol. The van der Waals surface area contributed by atoms with Crippen molar-refractivity contribution in [2.75, 3.05) is 38.2 Å². The summed E-state index contributed by atoms with van der Waals surface area (Å²) in [6.45, 7) is 6.27. The van der Waals surface area contributed by atoms with E-state index in [9.17, 15) is 4.79 Å². The second-order valence-corrected chi connectivity index (χ2v) is 8.26. The highest BCUT2D eigenvalue weighted by Crippen LogP contribution is 2.21. The second-order valence-electron chi connectivity index (χ2n) is 7.89. The molecule has 1 N–H and O–H groups in total. The molecule has 0 spiro atoms. The number of ether oxygens (including phenoxy) is 1. The Labute approximate surface area is 187 Å². The Balaban J connectivity index is 1.41. The van der Waals surface area contributed by atoms with Gasteiger partial charge in [-0.3, -0.25) is 4.79 Å². The van der Waals surface area contributed by atoms with Crippen molar-refractivity contribution >= 4 is 23.7 Å². The number of nitrogens with zero attached hydrogens (tertiary/aromatic N) is 4. The lowest BCUT2D eigenvalue weighted by molar-refractivity contribution is -0.924. The summed E-state index contributed by atoms with van der Waals surface area (Å²) in [6, 6.07) is 15.8. The number of piperazine rings is 1. The maximum Gasteiger partial charge on any atom is 0.202 e. The number of methoxy groups -OCH3 is 1. The van der Waals surface area contributed by atoms with Crippen LogP contribution in [-0.4, -0.2) is 53.4 Å². The maximum atomic E-state index is 11.5. The van der Waals surface area contributed by atoms with Crippen LogP contribution in [0.25, 0.3) is 11.4 Å². The molecule has 1 aliphatic rings. The van der Waals surface area contributed by atoms with Gasteiger partial charge in [0.2, 0.25) is 4.77 Å². The quantitative estimate of drug-likeness (QED) is 0.472. The van der Waals surface area contributed by atoms with Gasteiger partial charge in [0.25, 0.3) is 0 Å². The summed E-state index contributed by atoms with van der Waals surface area (Å²) in [5, 5.41) is 4.80. The lowest BCUT2D eigenvalue weighted by atomic mass is 10.1. The molecule has 1 saturated heterocycles. The van der Waals surface area contributed by atoms with Gasteiger partial charge in [0.15, 0.2) is 18.3 Å². The fourth-order valence-electron chi connectivity index (χ4n) is 3.94. The van der Waals surface area contributed by atoms with E-state index in [0.717, 1.165) is 60.3 Å². The number of Topliss-reactive ketones (excluding diaryl/α,β-unsaturated/α-hetero) is 1. The number of carbonyl (C=O) groups excluding carboxylic acids is 1. The first-order valence-corrected chi connectivity index (χ1v) is 10.8. The number of anilines is 1. The zero-order valence-electron chi connectivity index (χ0n) is 18.2. The molecule has 1 fully saturated rings. The van der Waals surface area contributed by atoms with Crippen molar-refractivity contribution in [2.24, 2.45) is 7.05 Å². The van der Waals surface area contributed by atoms with E-state index in [2.05, 4.69) is 4.90 Å². The van der Waals surface area contributed by atoms with Gasteiger partial charge in [-0.2, -0.15) is 4.68 Å². The van der Waals surface area contributed by atoms with Crippen LogP contribution in [0.4, 0.5) is 5.69 Å². The minimum absolute atomic E-state index is 0.0990. The molecule has 1 aliphatic heterocycles. The summed E-state index contributed by atoms with van der Waals surface area (Å²) in [5.41, 5.74) is 2.94. The average molecular weight is 439 g/mol. The highest BCUT2D eigenvalue weighted by atomic mass is 32.1. The fraction of sp³-hybridized carbons (Fsp3) is 0.348. The highest BCUT2D eigenvalue weighted by Gasteiger charge is 2.22. The molecule has 0 radical (unpaired) electrons. The van der Waals surface area contributed by atoms with Crippen molar-refractivity contribution in [1.29, 1.82) is 0 Å². The van der Waals surface area contributed by atoms with E-state index in [4.69, 9.17) is 22.1 Å². The molecule has 0 bridgehead atoms. The number of rotatable bonds is 6. The summed E-state index contributed by atoms with van der Waals surface area (Å²) in [4.78, 5) is 15.3. The van der Waals surface area contributed by atoms with Gasteiger partial charge in [-0.1, -0.05) is 0 Å². The van der Waals surface area contributed by atoms with E-state index >= 15 is 0 Å². The van der Waals surface area contributed by atoms with E-state index in [1.165, 1.54) is 10.6 Å². The fourth-order valence-corrected chi connectivity index (χ4v) is 4.13. The third-order valence-corrected chi connectivity index (χ3v) is 6.36. The standard InChI is InChI=1S/C23H27N5O2S/c1-17(29)18-4-8-20(9-5-18)27-14-12-26(13-15-27)16-28-23(31)25(2)22(24-28)19-6-10-21(30-3)11-7-19/h4-11H,12-16H2,1-3H3/p+1. The smallest absolute Gasteiger partial charge is 0.202 e. The van der Waals surface area contributed by atoms with Gasteiger partial charge in [-0.05, 0) is 67.7 Å². The van der Waals surface area contributed by atoms with E-state index in [1.54, 1.807) is 14.0 Å². The van der Waals surface area contributed by atoms with Crippen LogP contribution < -0.4 is 14.5 Å². The van der Waals surface area contributed by atoms with Crippen molar-refractivity contribution in [2.45, 2.75) is 13.6 Å². The number of ketones is 1. The molecule has 31 heavy (non-hydrogen) atoms. The lowest BCUT2D eigenvalue weighted by Gasteiger charge is -2.33. The number of aromatic nitrogens is 3. The Morgan fingerprint density at radius 1 is 1.10 bits per heavy atom. The number of nitrogens with one attached hydrogen (secondary N) is 1. The van der Waals surface area contributed by atoms with E-state index in [0.29, 0.717) is 0 Å². The van der Waals surface area contributed by atoms with Gasteiger partial charge in [0.1, 0.15) is 5.75 Å². The predicted molar refractivity (Wildman–Crippen MR) is 123 cm³/mol. The largest absolute Gasteiger partial charge is 0.497 e. The molecule has 8 heteroatoms. The number of quaternary nitrogens is 1. The van der Waals surface area contributed by atoms with Crippen LogP contribution in [0.2, 0.25) is 0 Å². The molecular weight excluding hydrogens is 410 g/mol. The van der Waals surface area contributed by atoms with E-state index < -0.39 is 0 Å². The Hall–Kier alpha value is -2.97. The van der Waals surface area contributed by atoms with E-state index in [-0.39, 0.29) is 5.78 Å². The highest BCUT2D eigenvalue weighted by molar-refractivity contribution is 7.71. The topological polar surface area (TPSA) is 56.7 Å². The molecule has 0 atom stereocenters. The van der Waals surface area contributed by atoms with Crippen molar-refractivity contribution in [3.05, 3.63) is 58.9 Å². The van der Waals surface area contributed by atoms with Crippen LogP contribution in [0.1, 0.15) is 17.3 Å². The van der Waals surface area contributed by atoms with Gasteiger partial charge in [-0.25, -0.2) is 0 Å². The molecule has 3 aromatic rings. The predicted octanol–water partition coefficient (Wildman–Crippen LogP) is 2.19. The third kappa shape index (κ3) is 4.55. The summed E-state index contributed by atoms with van der Waals surface area (Å²) in [7, 11) is 3.62. The number of hydrogen-bond acceptors (Lipinski definition) is 5. The van der Waals surface area contributed by atoms with Crippen LogP contribution in [0.15, 0.2) is 48.5 Å². The Kier molecular flexibility index (Phi) is 6.20. The molecule has 0 amide bonds. The van der Waals surface area contributed by atoms with Gasteiger partial charge in [0.05, 0.1) is 33.3 Å². The van der Waals surface area contributed by atoms with Crippen molar-refractivity contribution in [3.63, 3.8) is 0 Å². The number of carbonyl (C=O) groups is 1. The van der Waals surface area contributed by atoms with Gasteiger partial charge in [-0.15, -0.1) is 5.10 Å². The molecule has 2 aromatic carbocycles. The van der Waals surface area contributed by atoms with Crippen molar-refractivity contribution in [1.82, 2.24) is 14.3 Å². The second kappa shape index (κ2) is 9.03. The summed E-state index contributed by atoms with van der Waals surface area (Å²) < 4.78 is 9.86. The zero-order chi connectivity index (χ0) is 22.0. The first-order valence-electron chi connectivity index (χ1n) is 10.4. The number of benzene rings is 2. The normalized spacial score (nSPS) is 14.6. The van der Waals surface area contributed by atoms with Crippen molar-refractivity contribution in [3.8, 4) is 17.1 Å². The summed E-state index contributed by atoms with van der Waals surface area (Å²) in [5.74, 6) is 1.78. The van der Waals surface area contributed by atoms with Crippen LogP contribution in [0, 0.1) is 4.77 Å². The van der Waals surface area contributed by atoms with Crippen molar-refractivity contribution < 1.29 is 14.4 Å². The number of hydrogen-bond donors (Lipinski definition) is 1. The lowest BCUT2D eigenvalue weighted by Crippen LogP contribution is -3.14. The van der Waals surface area contributed by atoms with Crippen LogP contribution >= 0.6 is 12.2 Å². The van der Waals surface area contributed by atoms with Gasteiger partial charge >= 0.3 is 0 Å². The van der Waals surface area contributed by atoms with Crippen LogP contribution in [0.3, 0.4) is 0 Å². The summed E-state index contributed by atoms with van der Waals surface area (Å²) >= 11 is 5.65. The third-order valence-electron chi connectivity index (χ3n) is 5.87.